The predicted molar refractivity (Wildman–Crippen MR) is 92.9 cm³/mol. The fraction of sp³-hybridized carbons (Fsp3) is 0.118. The molecule has 10 heteroatoms. The van der Waals surface area contributed by atoms with Crippen molar-refractivity contribution in [2.75, 3.05) is 5.32 Å². The van der Waals surface area contributed by atoms with Crippen molar-refractivity contribution >= 4 is 17.7 Å². The fourth-order valence-electron chi connectivity index (χ4n) is 2.69. The molecule has 0 fully saturated rings. The van der Waals surface area contributed by atoms with Crippen molar-refractivity contribution in [1.29, 1.82) is 0 Å². The van der Waals surface area contributed by atoms with Gasteiger partial charge < -0.3 is 20.5 Å². The fourth-order valence-corrected chi connectivity index (χ4v) is 2.69. The molecule has 10 nitrogen and oxygen atoms in total. The Morgan fingerprint density at radius 2 is 2.04 bits per heavy atom. The van der Waals surface area contributed by atoms with Crippen molar-refractivity contribution in [3.8, 4) is 23.1 Å². The number of hydrogen-bond acceptors (Lipinski definition) is 7. The average molecular weight is 366 g/mol. The van der Waals surface area contributed by atoms with E-state index in [-0.39, 0.29) is 23.4 Å². The Morgan fingerprint density at radius 3 is 2.78 bits per heavy atom. The van der Waals surface area contributed by atoms with Gasteiger partial charge in [0.05, 0.1) is 0 Å². The van der Waals surface area contributed by atoms with E-state index >= 15 is 0 Å². The molecule has 27 heavy (non-hydrogen) atoms. The molecule has 3 heterocycles. The number of anilines is 1. The van der Waals surface area contributed by atoms with Gasteiger partial charge in [0.15, 0.2) is 5.69 Å². The minimum absolute atomic E-state index is 0.0504. The van der Waals surface area contributed by atoms with E-state index in [9.17, 15) is 9.59 Å². The van der Waals surface area contributed by atoms with E-state index in [1.54, 1.807) is 31.3 Å². The third-order valence-electron chi connectivity index (χ3n) is 3.90. The molecule has 3 N–H and O–H groups in total. The van der Waals surface area contributed by atoms with Crippen LogP contribution < -0.4 is 20.5 Å². The molecule has 0 bridgehead atoms. The molecule has 4 rings (SSSR count). The summed E-state index contributed by atoms with van der Waals surface area (Å²) in [6.45, 7) is 0. The highest BCUT2D eigenvalue weighted by molar-refractivity contribution is 5.98. The van der Waals surface area contributed by atoms with Crippen LogP contribution in [0.4, 0.5) is 10.5 Å². The molecule has 0 saturated heterocycles. The van der Waals surface area contributed by atoms with Crippen molar-refractivity contribution in [1.82, 2.24) is 20.0 Å². The lowest BCUT2D eigenvalue weighted by molar-refractivity contribution is -0.123. The maximum absolute atomic E-state index is 12.3. The number of benzene rings is 1. The summed E-state index contributed by atoms with van der Waals surface area (Å²) in [7, 11) is 1.55. The summed E-state index contributed by atoms with van der Waals surface area (Å²) in [6.07, 6.45) is -1.82. The van der Waals surface area contributed by atoms with Crippen molar-refractivity contribution in [3.63, 3.8) is 0 Å². The third-order valence-corrected chi connectivity index (χ3v) is 3.90. The number of aromatic nitrogens is 4. The minimum Gasteiger partial charge on any atom is -0.458 e. The molecule has 3 aromatic rings. The molecule has 1 unspecified atom stereocenters. The molecule has 0 aliphatic carbocycles. The van der Waals surface area contributed by atoms with Gasteiger partial charge in [0.25, 0.3) is 11.8 Å². The first-order chi connectivity index (χ1) is 13.0. The van der Waals surface area contributed by atoms with E-state index < -0.39 is 12.2 Å². The molecule has 0 spiro atoms. The number of fused-ring (bicyclic) bond motifs is 1. The first-order valence-electron chi connectivity index (χ1n) is 7.94. The summed E-state index contributed by atoms with van der Waals surface area (Å²) in [5, 5.41) is 10.5. The zero-order valence-corrected chi connectivity index (χ0v) is 14.1. The lowest BCUT2D eigenvalue weighted by Crippen LogP contribution is -2.30. The number of pyridine rings is 1. The molecule has 2 amide bonds. The van der Waals surface area contributed by atoms with Crippen LogP contribution in [0.15, 0.2) is 42.5 Å². The highest BCUT2D eigenvalue weighted by atomic mass is 16.6. The van der Waals surface area contributed by atoms with E-state index in [0.29, 0.717) is 16.9 Å². The highest BCUT2D eigenvalue weighted by Gasteiger charge is 2.31. The molecule has 1 aromatic carbocycles. The van der Waals surface area contributed by atoms with Gasteiger partial charge in [-0.15, -0.1) is 5.10 Å². The maximum Gasteiger partial charge on any atom is 0.411 e. The summed E-state index contributed by atoms with van der Waals surface area (Å²) in [6, 6.07) is 12.3. The summed E-state index contributed by atoms with van der Waals surface area (Å²) >= 11 is 0. The maximum atomic E-state index is 12.3. The van der Waals surface area contributed by atoms with Gasteiger partial charge in [0.2, 0.25) is 12.0 Å². The largest absolute Gasteiger partial charge is 0.458 e. The Labute approximate surface area is 152 Å². The number of ether oxygens (including phenoxy) is 2. The van der Waals surface area contributed by atoms with E-state index in [1.807, 2.05) is 18.2 Å². The smallest absolute Gasteiger partial charge is 0.411 e. The number of nitrogens with one attached hydrogen (secondary N) is 1. The van der Waals surface area contributed by atoms with Crippen LogP contribution in [0.3, 0.4) is 0 Å². The van der Waals surface area contributed by atoms with Crippen LogP contribution in [0.1, 0.15) is 11.7 Å². The summed E-state index contributed by atoms with van der Waals surface area (Å²) in [4.78, 5) is 27.8. The number of amides is 2. The van der Waals surface area contributed by atoms with Crippen LogP contribution in [-0.4, -0.2) is 32.0 Å². The van der Waals surface area contributed by atoms with Gasteiger partial charge in [0, 0.05) is 12.6 Å². The van der Waals surface area contributed by atoms with Crippen LogP contribution in [0.25, 0.3) is 11.4 Å². The number of nitrogens with zero attached hydrogens (tertiary/aromatic N) is 4. The topological polar surface area (TPSA) is 134 Å². The Bertz CT molecular complexity index is 1030. The van der Waals surface area contributed by atoms with Gasteiger partial charge in [-0.25, -0.2) is 14.5 Å². The predicted octanol–water partition coefficient (Wildman–Crippen LogP) is 1.41. The quantitative estimate of drug-likeness (QED) is 0.715. The molecular formula is C17H14N6O4. The normalized spacial score (nSPS) is 15.4. The van der Waals surface area contributed by atoms with E-state index in [4.69, 9.17) is 15.2 Å². The lowest BCUT2D eigenvalue weighted by Gasteiger charge is -2.25. The summed E-state index contributed by atoms with van der Waals surface area (Å²) in [5.41, 5.74) is 6.78. The first kappa shape index (κ1) is 16.5. The van der Waals surface area contributed by atoms with Gasteiger partial charge in [-0.2, -0.15) is 0 Å². The molecule has 0 saturated carbocycles. The number of primary amides is 1. The average Bonchev–Trinajstić information content (AvgIpc) is 3.01. The summed E-state index contributed by atoms with van der Waals surface area (Å²) in [5.74, 6) is -0.0217. The van der Waals surface area contributed by atoms with Crippen LogP contribution in [0, 0.1) is 0 Å². The molecule has 1 atom stereocenters. The number of rotatable bonds is 3. The Morgan fingerprint density at radius 1 is 1.26 bits per heavy atom. The molecule has 136 valence electrons. The zero-order chi connectivity index (χ0) is 19.0. The highest BCUT2D eigenvalue weighted by Crippen LogP contribution is 2.36. The van der Waals surface area contributed by atoms with E-state index in [0.717, 1.165) is 0 Å². The van der Waals surface area contributed by atoms with Gasteiger partial charge in [0.1, 0.15) is 11.4 Å². The van der Waals surface area contributed by atoms with Crippen molar-refractivity contribution in [3.05, 3.63) is 48.0 Å². The number of carbonyl (C=O) groups excluding carboxylic acids is 2. The lowest BCUT2D eigenvalue weighted by atomic mass is 10.1. The van der Waals surface area contributed by atoms with Gasteiger partial charge in [-0.3, -0.25) is 4.79 Å². The van der Waals surface area contributed by atoms with Gasteiger partial charge in [-0.05, 0) is 12.1 Å². The standard InChI is InChI=1S/C17H14N6O4/c1-23-16(27-17(18)25)12(21-22-23)10-7-8-11-15(20-10)26-13(14(24)19-11)9-5-3-2-4-6-9/h2-8,13H,1H3,(H2,18,25)(H,19,24). The Hall–Kier alpha value is -3.95. The van der Waals surface area contributed by atoms with E-state index in [2.05, 4.69) is 20.6 Å². The van der Waals surface area contributed by atoms with Crippen molar-refractivity contribution < 1.29 is 19.1 Å². The summed E-state index contributed by atoms with van der Waals surface area (Å²) < 4.78 is 12.0. The van der Waals surface area contributed by atoms with Crippen LogP contribution >= 0.6 is 0 Å². The number of hydrogen-bond donors (Lipinski definition) is 2. The molecule has 1 aliphatic heterocycles. The molecule has 0 radical (unpaired) electrons. The molecule has 2 aromatic heterocycles. The van der Waals surface area contributed by atoms with Crippen LogP contribution in [-0.2, 0) is 11.8 Å². The zero-order valence-electron chi connectivity index (χ0n) is 14.1. The third kappa shape index (κ3) is 3.03. The molecule has 1 aliphatic rings. The number of nitrogens with two attached hydrogens (primary N) is 1. The minimum atomic E-state index is -0.993. The number of carbonyl (C=O) groups is 2. The second kappa shape index (κ2) is 6.41. The van der Waals surface area contributed by atoms with Gasteiger partial charge in [-0.1, -0.05) is 35.5 Å². The Balaban J connectivity index is 1.71. The van der Waals surface area contributed by atoms with Crippen molar-refractivity contribution in [2.45, 2.75) is 6.10 Å². The molecular weight excluding hydrogens is 352 g/mol. The van der Waals surface area contributed by atoms with Crippen LogP contribution in [0.2, 0.25) is 0 Å². The second-order valence-corrected chi connectivity index (χ2v) is 5.73. The van der Waals surface area contributed by atoms with Crippen LogP contribution in [0.5, 0.6) is 11.8 Å². The van der Waals surface area contributed by atoms with Gasteiger partial charge >= 0.3 is 6.09 Å². The Kier molecular flexibility index (Phi) is 3.92. The first-order valence-corrected chi connectivity index (χ1v) is 7.94. The van der Waals surface area contributed by atoms with Crippen molar-refractivity contribution in [2.24, 2.45) is 12.8 Å². The van der Waals surface area contributed by atoms with E-state index in [1.165, 1.54) is 4.68 Å². The second-order valence-electron chi connectivity index (χ2n) is 5.73. The number of aryl methyl sites for hydroxylation is 1. The monoisotopic (exact) mass is 366 g/mol. The SMILES string of the molecule is Cn1nnc(-c2ccc3c(n2)OC(c2ccccc2)C(=O)N3)c1OC(N)=O.